The molecule has 0 N–H and O–H groups in total. The largest absolute Gasteiger partial charge is 0.497 e. The first-order valence-electron chi connectivity index (χ1n) is 11.6. The van der Waals surface area contributed by atoms with Crippen LogP contribution in [0.15, 0.2) is 41.8 Å². The van der Waals surface area contributed by atoms with Crippen molar-refractivity contribution in [2.24, 2.45) is 0 Å². The summed E-state index contributed by atoms with van der Waals surface area (Å²) in [5.74, 6) is 3.18. The van der Waals surface area contributed by atoms with Crippen LogP contribution in [0.5, 0.6) is 5.75 Å². The number of fused-ring (bicyclic) bond motifs is 1. The number of anilines is 1. The second kappa shape index (κ2) is 8.39. The summed E-state index contributed by atoms with van der Waals surface area (Å²) in [5, 5.41) is 7.78. The maximum Gasteiger partial charge on any atom is 0.264 e. The monoisotopic (exact) mass is 474 g/mol. The summed E-state index contributed by atoms with van der Waals surface area (Å²) in [4.78, 5) is 27.8. The Bertz CT molecular complexity index is 1340. The molecule has 8 nitrogen and oxygen atoms in total. The molecule has 1 saturated heterocycles. The van der Waals surface area contributed by atoms with Crippen LogP contribution in [0.2, 0.25) is 0 Å². The molecule has 9 heteroatoms. The molecular formula is C25H26N6O2S. The number of hydrogen-bond acceptors (Lipinski definition) is 7. The molecule has 3 aromatic heterocycles. The van der Waals surface area contributed by atoms with E-state index in [4.69, 9.17) is 19.8 Å². The van der Waals surface area contributed by atoms with Crippen LogP contribution < -0.4 is 9.64 Å². The number of rotatable bonds is 5. The Balaban J connectivity index is 1.35. The van der Waals surface area contributed by atoms with Gasteiger partial charge in [0, 0.05) is 32.1 Å². The van der Waals surface area contributed by atoms with Gasteiger partial charge in [0.25, 0.3) is 5.91 Å². The Kier molecular flexibility index (Phi) is 5.21. The molecule has 0 atom stereocenters. The number of piperazine rings is 1. The van der Waals surface area contributed by atoms with Crippen molar-refractivity contribution in [2.45, 2.75) is 25.7 Å². The van der Waals surface area contributed by atoms with Gasteiger partial charge in [-0.2, -0.15) is 5.10 Å². The summed E-state index contributed by atoms with van der Waals surface area (Å²) in [5.41, 5.74) is 2.68. The average Bonchev–Trinajstić information content (AvgIpc) is 3.48. The maximum atomic E-state index is 12.8. The molecule has 2 aliphatic rings. The zero-order chi connectivity index (χ0) is 23.2. The van der Waals surface area contributed by atoms with Crippen LogP contribution in [0.3, 0.4) is 0 Å². The molecule has 0 bridgehead atoms. The van der Waals surface area contributed by atoms with E-state index in [1.165, 1.54) is 11.3 Å². The quantitative estimate of drug-likeness (QED) is 0.435. The first-order chi connectivity index (χ1) is 16.6. The van der Waals surface area contributed by atoms with Gasteiger partial charge >= 0.3 is 0 Å². The minimum Gasteiger partial charge on any atom is -0.497 e. The van der Waals surface area contributed by atoms with Gasteiger partial charge in [-0.25, -0.2) is 14.6 Å². The summed E-state index contributed by atoms with van der Waals surface area (Å²) in [6.07, 6.45) is 2.26. The van der Waals surface area contributed by atoms with Crippen molar-refractivity contribution < 1.29 is 9.53 Å². The van der Waals surface area contributed by atoms with Crippen LogP contribution in [0.25, 0.3) is 16.7 Å². The lowest BCUT2D eigenvalue weighted by molar-refractivity contribution is 0.0751. The highest BCUT2D eigenvalue weighted by Crippen LogP contribution is 2.40. The fraction of sp³-hybridized carbons (Fsp3) is 0.360. The number of ether oxygens (including phenoxy) is 1. The Morgan fingerprint density at radius 1 is 1.06 bits per heavy atom. The number of carbonyl (C=O) groups is 1. The van der Waals surface area contributed by atoms with Crippen molar-refractivity contribution in [3.05, 3.63) is 58.2 Å². The van der Waals surface area contributed by atoms with Crippen molar-refractivity contribution in [3.8, 4) is 11.4 Å². The van der Waals surface area contributed by atoms with Crippen LogP contribution in [-0.4, -0.2) is 63.8 Å². The van der Waals surface area contributed by atoms with Gasteiger partial charge in [0.1, 0.15) is 17.4 Å². The van der Waals surface area contributed by atoms with E-state index >= 15 is 0 Å². The third-order valence-corrected chi connectivity index (χ3v) is 7.42. The molecule has 0 spiro atoms. The van der Waals surface area contributed by atoms with E-state index in [0.717, 1.165) is 70.6 Å². The van der Waals surface area contributed by atoms with Gasteiger partial charge in [0.05, 0.1) is 28.8 Å². The molecule has 0 unspecified atom stereocenters. The number of thiophene rings is 1. The Hall–Kier alpha value is -3.46. The molecule has 1 aromatic carbocycles. The molecule has 0 radical (unpaired) electrons. The molecule has 1 saturated carbocycles. The molecule has 1 amide bonds. The number of aryl methyl sites for hydroxylation is 1. The lowest BCUT2D eigenvalue weighted by atomic mass is 10.2. The minimum atomic E-state index is 0.115. The third kappa shape index (κ3) is 3.69. The number of nitrogens with zero attached hydrogens (tertiary/aromatic N) is 6. The van der Waals surface area contributed by atoms with E-state index in [0.29, 0.717) is 19.0 Å². The predicted molar refractivity (Wildman–Crippen MR) is 132 cm³/mol. The topological polar surface area (TPSA) is 76.4 Å². The smallest absolute Gasteiger partial charge is 0.264 e. The first-order valence-corrected chi connectivity index (χ1v) is 12.5. The molecule has 34 heavy (non-hydrogen) atoms. The number of aromatic nitrogens is 4. The van der Waals surface area contributed by atoms with Crippen LogP contribution in [-0.2, 0) is 0 Å². The highest BCUT2D eigenvalue weighted by Gasteiger charge is 2.31. The van der Waals surface area contributed by atoms with E-state index in [-0.39, 0.29) is 5.91 Å². The fourth-order valence-electron chi connectivity index (χ4n) is 4.51. The Morgan fingerprint density at radius 2 is 1.82 bits per heavy atom. The van der Waals surface area contributed by atoms with Crippen molar-refractivity contribution in [1.29, 1.82) is 0 Å². The highest BCUT2D eigenvalue weighted by atomic mass is 32.1. The van der Waals surface area contributed by atoms with E-state index in [2.05, 4.69) is 4.90 Å². The normalized spacial score (nSPS) is 16.3. The highest BCUT2D eigenvalue weighted by molar-refractivity contribution is 7.12. The summed E-state index contributed by atoms with van der Waals surface area (Å²) in [6.45, 7) is 4.84. The summed E-state index contributed by atoms with van der Waals surface area (Å²) < 4.78 is 7.23. The zero-order valence-corrected chi connectivity index (χ0v) is 20.1. The van der Waals surface area contributed by atoms with Gasteiger partial charge in [-0.3, -0.25) is 4.79 Å². The van der Waals surface area contributed by atoms with Crippen molar-refractivity contribution in [3.63, 3.8) is 0 Å². The standard InChI is InChI=1S/C25H26N6O2S/c1-16-21-23(29-11-13-30(14-12-29)25(32)20-4-3-15-34-20)26-22(17-5-6-17)27-24(21)31(28-16)18-7-9-19(33-2)10-8-18/h3-4,7-10,15,17H,5-6,11-14H2,1-2H3. The van der Waals surface area contributed by atoms with Crippen LogP contribution in [0.4, 0.5) is 5.82 Å². The van der Waals surface area contributed by atoms with Gasteiger partial charge in [0.15, 0.2) is 5.65 Å². The van der Waals surface area contributed by atoms with Crippen molar-refractivity contribution in [1.82, 2.24) is 24.6 Å². The van der Waals surface area contributed by atoms with Crippen LogP contribution in [0, 0.1) is 6.92 Å². The summed E-state index contributed by atoms with van der Waals surface area (Å²) >= 11 is 1.50. The van der Waals surface area contributed by atoms with Crippen molar-refractivity contribution >= 4 is 34.1 Å². The number of benzene rings is 1. The molecule has 1 aliphatic carbocycles. The van der Waals surface area contributed by atoms with Crippen LogP contribution >= 0.6 is 11.3 Å². The van der Waals surface area contributed by atoms with E-state index in [1.807, 2.05) is 58.3 Å². The van der Waals surface area contributed by atoms with Gasteiger partial charge in [0.2, 0.25) is 0 Å². The van der Waals surface area contributed by atoms with E-state index < -0.39 is 0 Å². The van der Waals surface area contributed by atoms with E-state index in [9.17, 15) is 4.79 Å². The number of methoxy groups -OCH3 is 1. The van der Waals surface area contributed by atoms with Crippen molar-refractivity contribution in [2.75, 3.05) is 38.2 Å². The Labute approximate surface area is 201 Å². The third-order valence-electron chi connectivity index (χ3n) is 6.56. The van der Waals surface area contributed by atoms with Gasteiger partial charge < -0.3 is 14.5 Å². The first kappa shape index (κ1) is 21.1. The van der Waals surface area contributed by atoms with Gasteiger partial charge in [-0.05, 0) is 55.5 Å². The zero-order valence-electron chi connectivity index (χ0n) is 19.3. The lowest BCUT2D eigenvalue weighted by Gasteiger charge is -2.35. The van der Waals surface area contributed by atoms with Gasteiger partial charge in [-0.15, -0.1) is 11.3 Å². The Morgan fingerprint density at radius 3 is 2.47 bits per heavy atom. The van der Waals surface area contributed by atoms with Crippen LogP contribution in [0.1, 0.15) is 39.9 Å². The lowest BCUT2D eigenvalue weighted by Crippen LogP contribution is -2.49. The fourth-order valence-corrected chi connectivity index (χ4v) is 5.20. The maximum absolute atomic E-state index is 12.8. The van der Waals surface area contributed by atoms with E-state index in [1.54, 1.807) is 7.11 Å². The molecule has 174 valence electrons. The van der Waals surface area contributed by atoms with Gasteiger partial charge in [-0.1, -0.05) is 6.07 Å². The number of hydrogen-bond donors (Lipinski definition) is 0. The molecule has 6 rings (SSSR count). The molecule has 2 fully saturated rings. The second-order valence-electron chi connectivity index (χ2n) is 8.83. The summed E-state index contributed by atoms with van der Waals surface area (Å²) in [6, 6.07) is 11.7. The second-order valence-corrected chi connectivity index (χ2v) is 9.78. The predicted octanol–water partition coefficient (Wildman–Crippen LogP) is 4.03. The number of carbonyl (C=O) groups excluding carboxylic acids is 1. The minimum absolute atomic E-state index is 0.115. The molecule has 4 aromatic rings. The molecular weight excluding hydrogens is 448 g/mol. The molecule has 1 aliphatic heterocycles. The number of amides is 1. The average molecular weight is 475 g/mol. The SMILES string of the molecule is COc1ccc(-n2nc(C)c3c(N4CCN(C(=O)c5cccs5)CC4)nc(C4CC4)nc32)cc1. The summed E-state index contributed by atoms with van der Waals surface area (Å²) in [7, 11) is 1.66. The molecule has 4 heterocycles.